The molecule has 1 amide bonds. The Morgan fingerprint density at radius 1 is 0.833 bits per heavy atom. The summed E-state index contributed by atoms with van der Waals surface area (Å²) in [5, 5.41) is 3.40. The molecule has 0 saturated heterocycles. The minimum Gasteiger partial charge on any atom is -0.445 e. The molecule has 0 saturated carbocycles. The molecule has 0 aliphatic rings. The van der Waals surface area contributed by atoms with Gasteiger partial charge in [0, 0.05) is 22.9 Å². The second kappa shape index (κ2) is 10.9. The van der Waals surface area contributed by atoms with Crippen molar-refractivity contribution >= 4 is 23.0 Å². The molecule has 1 aromatic heterocycles. The summed E-state index contributed by atoms with van der Waals surface area (Å²) in [7, 11) is 0. The van der Waals surface area contributed by atoms with Gasteiger partial charge >= 0.3 is 17.7 Å². The molecule has 0 unspecified atom stereocenters. The molecule has 7 nitrogen and oxygen atoms in total. The predicted molar refractivity (Wildman–Crippen MR) is 136 cm³/mol. The molecule has 4 aromatic rings. The van der Waals surface area contributed by atoms with E-state index in [1.54, 1.807) is 26.0 Å². The smallest absolute Gasteiger partial charge is 0.408 e. The van der Waals surface area contributed by atoms with Crippen LogP contribution in [0.4, 0.5) is 4.79 Å². The van der Waals surface area contributed by atoms with E-state index in [1.807, 2.05) is 67.6 Å². The van der Waals surface area contributed by atoms with Crippen molar-refractivity contribution in [2.45, 2.75) is 39.8 Å². The molecular formula is C29H27NO6. The Balaban J connectivity index is 1.55. The molecule has 7 heteroatoms. The SMILES string of the molecule is Cc1c(C)c2ccc(OC(=O)[C@H](Cc3ccccc3)NC(=O)OCc3ccccc3)c(C)c2oc1=O. The van der Waals surface area contributed by atoms with Gasteiger partial charge in [-0.25, -0.2) is 14.4 Å². The Morgan fingerprint density at radius 3 is 2.14 bits per heavy atom. The van der Waals surface area contributed by atoms with Crippen LogP contribution in [0.3, 0.4) is 0 Å². The first-order chi connectivity index (χ1) is 17.3. The second-order valence-corrected chi connectivity index (χ2v) is 8.57. The van der Waals surface area contributed by atoms with Crippen molar-refractivity contribution in [1.82, 2.24) is 5.32 Å². The molecule has 1 atom stereocenters. The molecule has 1 heterocycles. The normalized spacial score (nSPS) is 11.6. The minimum atomic E-state index is -1.00. The number of nitrogens with one attached hydrogen (secondary N) is 1. The van der Waals surface area contributed by atoms with Gasteiger partial charge in [0.05, 0.1) is 0 Å². The number of benzene rings is 3. The summed E-state index contributed by atoms with van der Waals surface area (Å²) < 4.78 is 16.5. The number of hydrogen-bond acceptors (Lipinski definition) is 6. The highest BCUT2D eigenvalue weighted by Crippen LogP contribution is 2.29. The van der Waals surface area contributed by atoms with Crippen LogP contribution >= 0.6 is 0 Å². The molecule has 1 N–H and O–H groups in total. The Kier molecular flexibility index (Phi) is 7.49. The third-order valence-corrected chi connectivity index (χ3v) is 6.11. The van der Waals surface area contributed by atoms with E-state index in [0.29, 0.717) is 16.7 Å². The van der Waals surface area contributed by atoms with Crippen LogP contribution in [0.15, 0.2) is 82.0 Å². The van der Waals surface area contributed by atoms with Gasteiger partial charge in [0.2, 0.25) is 0 Å². The summed E-state index contributed by atoms with van der Waals surface area (Å²) >= 11 is 0. The van der Waals surface area contributed by atoms with E-state index in [-0.39, 0.29) is 18.8 Å². The van der Waals surface area contributed by atoms with Gasteiger partial charge in [-0.3, -0.25) is 0 Å². The first-order valence-electron chi connectivity index (χ1n) is 11.6. The summed E-state index contributed by atoms with van der Waals surface area (Å²) in [6.07, 6.45) is -0.524. The first-order valence-corrected chi connectivity index (χ1v) is 11.6. The van der Waals surface area contributed by atoms with Crippen LogP contribution in [0.1, 0.15) is 27.8 Å². The maximum Gasteiger partial charge on any atom is 0.408 e. The zero-order chi connectivity index (χ0) is 25.7. The molecule has 0 radical (unpaired) electrons. The molecule has 0 aliphatic carbocycles. The number of aryl methyl sites for hydroxylation is 2. The van der Waals surface area contributed by atoms with Crippen LogP contribution < -0.4 is 15.7 Å². The van der Waals surface area contributed by atoms with Gasteiger partial charge in [0.1, 0.15) is 24.0 Å². The van der Waals surface area contributed by atoms with E-state index in [2.05, 4.69) is 5.32 Å². The van der Waals surface area contributed by atoms with Crippen molar-refractivity contribution in [3.05, 3.63) is 111 Å². The number of hydrogen-bond donors (Lipinski definition) is 1. The van der Waals surface area contributed by atoms with Gasteiger partial charge in [-0.1, -0.05) is 60.7 Å². The van der Waals surface area contributed by atoms with Gasteiger partial charge < -0.3 is 19.2 Å². The Morgan fingerprint density at radius 2 is 1.47 bits per heavy atom. The summed E-state index contributed by atoms with van der Waals surface area (Å²) in [6.45, 7) is 5.35. The van der Waals surface area contributed by atoms with Gasteiger partial charge in [-0.05, 0) is 49.6 Å². The lowest BCUT2D eigenvalue weighted by molar-refractivity contribution is -0.136. The molecule has 3 aromatic carbocycles. The molecule has 4 rings (SSSR count). The van der Waals surface area contributed by atoms with Crippen LogP contribution in [-0.2, 0) is 22.6 Å². The number of fused-ring (bicyclic) bond motifs is 1. The number of carbonyl (C=O) groups is 2. The highest BCUT2D eigenvalue weighted by atomic mass is 16.6. The Labute approximate surface area is 208 Å². The Bertz CT molecular complexity index is 1440. The topological polar surface area (TPSA) is 94.8 Å². The van der Waals surface area contributed by atoms with Crippen molar-refractivity contribution < 1.29 is 23.5 Å². The van der Waals surface area contributed by atoms with E-state index < -0.39 is 23.7 Å². The number of alkyl carbamates (subject to hydrolysis) is 1. The largest absolute Gasteiger partial charge is 0.445 e. The minimum absolute atomic E-state index is 0.0708. The standard InChI is InChI=1S/C29H27NO6/c1-18-19(2)27(31)36-26-20(3)25(15-14-23(18)26)35-28(32)24(16-21-10-6-4-7-11-21)30-29(33)34-17-22-12-8-5-9-13-22/h4-15,24H,16-17H2,1-3H3,(H,30,33)/t24-/m0/s1. The van der Waals surface area contributed by atoms with Gasteiger partial charge in [-0.15, -0.1) is 0 Å². The van der Waals surface area contributed by atoms with E-state index in [0.717, 1.165) is 22.1 Å². The van der Waals surface area contributed by atoms with Gasteiger partial charge in [-0.2, -0.15) is 0 Å². The summed E-state index contributed by atoms with van der Waals surface area (Å²) in [4.78, 5) is 38.0. The van der Waals surface area contributed by atoms with Crippen molar-refractivity contribution in [3.63, 3.8) is 0 Å². The van der Waals surface area contributed by atoms with Crippen LogP contribution in [0, 0.1) is 20.8 Å². The lowest BCUT2D eigenvalue weighted by Gasteiger charge is -2.19. The maximum absolute atomic E-state index is 13.2. The van der Waals surface area contributed by atoms with E-state index in [4.69, 9.17) is 13.9 Å². The molecular weight excluding hydrogens is 458 g/mol. The van der Waals surface area contributed by atoms with Crippen LogP contribution in [0.5, 0.6) is 5.75 Å². The highest BCUT2D eigenvalue weighted by molar-refractivity contribution is 5.88. The summed E-state index contributed by atoms with van der Waals surface area (Å²) in [6, 6.07) is 21.0. The second-order valence-electron chi connectivity index (χ2n) is 8.57. The first kappa shape index (κ1) is 24.7. The average Bonchev–Trinajstić information content (AvgIpc) is 2.89. The number of carbonyl (C=O) groups excluding carboxylic acids is 2. The Hall–Kier alpha value is -4.39. The summed E-state index contributed by atoms with van der Waals surface area (Å²) in [5.74, 6) is -0.416. The van der Waals surface area contributed by atoms with Crippen molar-refractivity contribution in [2.75, 3.05) is 0 Å². The zero-order valence-electron chi connectivity index (χ0n) is 20.4. The number of ether oxygens (including phenoxy) is 2. The quantitative estimate of drug-likeness (QED) is 0.221. The third kappa shape index (κ3) is 5.63. The summed E-state index contributed by atoms with van der Waals surface area (Å²) in [5.41, 5.74) is 3.47. The predicted octanol–water partition coefficient (Wildman–Crippen LogP) is 5.16. The van der Waals surface area contributed by atoms with Crippen molar-refractivity contribution in [2.24, 2.45) is 0 Å². The molecule has 0 bridgehead atoms. The lowest BCUT2D eigenvalue weighted by atomic mass is 10.0. The fourth-order valence-corrected chi connectivity index (χ4v) is 3.86. The highest BCUT2D eigenvalue weighted by Gasteiger charge is 2.25. The van der Waals surface area contributed by atoms with Crippen LogP contribution in [0.25, 0.3) is 11.0 Å². The molecule has 36 heavy (non-hydrogen) atoms. The lowest BCUT2D eigenvalue weighted by Crippen LogP contribution is -2.44. The molecule has 0 fully saturated rings. The molecule has 0 spiro atoms. The monoisotopic (exact) mass is 485 g/mol. The van der Waals surface area contributed by atoms with Crippen LogP contribution in [0.2, 0.25) is 0 Å². The van der Waals surface area contributed by atoms with E-state index >= 15 is 0 Å². The van der Waals surface area contributed by atoms with Crippen molar-refractivity contribution in [1.29, 1.82) is 0 Å². The van der Waals surface area contributed by atoms with Crippen LogP contribution in [-0.4, -0.2) is 18.1 Å². The zero-order valence-corrected chi connectivity index (χ0v) is 20.4. The number of rotatable bonds is 7. The van der Waals surface area contributed by atoms with Gasteiger partial charge in [0.25, 0.3) is 0 Å². The molecule has 184 valence electrons. The van der Waals surface area contributed by atoms with E-state index in [9.17, 15) is 14.4 Å². The average molecular weight is 486 g/mol. The number of esters is 1. The molecule has 0 aliphatic heterocycles. The van der Waals surface area contributed by atoms with Gasteiger partial charge in [0.15, 0.2) is 0 Å². The van der Waals surface area contributed by atoms with Crippen molar-refractivity contribution in [3.8, 4) is 5.75 Å². The number of amides is 1. The maximum atomic E-state index is 13.2. The third-order valence-electron chi connectivity index (χ3n) is 6.11. The van der Waals surface area contributed by atoms with E-state index in [1.165, 1.54) is 0 Å². The fourth-order valence-electron chi connectivity index (χ4n) is 3.86. The fraction of sp³-hybridized carbons (Fsp3) is 0.207.